The first kappa shape index (κ1) is 31.0. The van der Waals surface area contributed by atoms with Crippen molar-refractivity contribution in [2.24, 2.45) is 11.3 Å². The van der Waals surface area contributed by atoms with Gasteiger partial charge in [-0.25, -0.2) is 0 Å². The van der Waals surface area contributed by atoms with E-state index in [-0.39, 0.29) is 5.41 Å². The van der Waals surface area contributed by atoms with Crippen molar-refractivity contribution in [2.75, 3.05) is 9.80 Å². The lowest BCUT2D eigenvalue weighted by Crippen LogP contribution is -2.22. The van der Waals surface area contributed by atoms with E-state index in [1.54, 1.807) is 0 Å². The van der Waals surface area contributed by atoms with Crippen molar-refractivity contribution in [2.45, 2.75) is 27.2 Å². The molecule has 0 radical (unpaired) electrons. The largest absolute Gasteiger partial charge is 0.311 e. The van der Waals surface area contributed by atoms with Crippen LogP contribution in [-0.2, 0) is 0 Å². The summed E-state index contributed by atoms with van der Waals surface area (Å²) in [6, 6.07) is 54.0. The first-order valence-corrected chi connectivity index (χ1v) is 16.9. The molecule has 1 aliphatic carbocycles. The number of para-hydroxylation sites is 2. The van der Waals surface area contributed by atoms with Crippen LogP contribution in [0.4, 0.5) is 28.4 Å². The van der Waals surface area contributed by atoms with Crippen LogP contribution >= 0.6 is 0 Å². The zero-order valence-electron chi connectivity index (χ0n) is 28.0. The fraction of sp³-hybridized carbons (Fsp3) is 0.130. The summed E-state index contributed by atoms with van der Waals surface area (Å²) in [5.41, 5.74) is 9.50. The van der Waals surface area contributed by atoms with Crippen molar-refractivity contribution in [3.63, 3.8) is 0 Å². The summed E-state index contributed by atoms with van der Waals surface area (Å²) < 4.78 is 0. The van der Waals surface area contributed by atoms with Crippen LogP contribution in [0.15, 0.2) is 176 Å². The molecular weight excluding hydrogens is 581 g/mol. The van der Waals surface area contributed by atoms with Crippen molar-refractivity contribution >= 4 is 51.4 Å². The van der Waals surface area contributed by atoms with E-state index in [2.05, 4.69) is 213 Å². The van der Waals surface area contributed by atoms with E-state index in [1.807, 2.05) is 0 Å². The molecule has 2 nitrogen and oxygen atoms in total. The monoisotopic (exact) mass is 622 g/mol. The predicted octanol–water partition coefficient (Wildman–Crippen LogP) is 13.1. The van der Waals surface area contributed by atoms with E-state index in [9.17, 15) is 0 Å². The summed E-state index contributed by atoms with van der Waals surface area (Å²) in [4.78, 5) is 4.67. The molecule has 6 aromatic rings. The molecule has 0 spiro atoms. The van der Waals surface area contributed by atoms with Gasteiger partial charge in [0.1, 0.15) is 0 Å². The molecular formula is C46H42N2. The molecule has 0 bridgehead atoms. The van der Waals surface area contributed by atoms with E-state index in [4.69, 9.17) is 0 Å². The lowest BCUT2D eigenvalue weighted by atomic mass is 9.77. The van der Waals surface area contributed by atoms with Crippen LogP contribution in [-0.4, -0.2) is 0 Å². The Balaban J connectivity index is 1.13. The minimum Gasteiger partial charge on any atom is -0.311 e. The molecule has 7 rings (SSSR count). The Labute approximate surface area is 285 Å². The quantitative estimate of drug-likeness (QED) is 0.156. The van der Waals surface area contributed by atoms with E-state index < -0.39 is 0 Å². The number of anilines is 5. The maximum absolute atomic E-state index is 2.40. The SMILES string of the molecule is CC(C)(C)C1C=CC(N(c2ccc(/C=C/c3ccc(N(c4ccccc4)c4ccccc4)cc3)cc2)c2ccc3ccccc3c2)=CC1. The van der Waals surface area contributed by atoms with Crippen molar-refractivity contribution in [1.82, 2.24) is 0 Å². The third kappa shape index (κ3) is 6.89. The Hall–Kier alpha value is -5.60. The highest BCUT2D eigenvalue weighted by Crippen LogP contribution is 2.39. The first-order valence-electron chi connectivity index (χ1n) is 16.9. The van der Waals surface area contributed by atoms with Crippen LogP contribution in [0.5, 0.6) is 0 Å². The summed E-state index contributed by atoms with van der Waals surface area (Å²) in [7, 11) is 0. The predicted molar refractivity (Wildman–Crippen MR) is 207 cm³/mol. The Kier molecular flexibility index (Phi) is 8.81. The molecule has 0 saturated carbocycles. The second-order valence-corrected chi connectivity index (χ2v) is 13.6. The van der Waals surface area contributed by atoms with E-state index in [1.165, 1.54) is 22.2 Å². The zero-order chi connectivity index (χ0) is 32.9. The summed E-state index contributed by atoms with van der Waals surface area (Å²) in [5.74, 6) is 0.529. The van der Waals surface area contributed by atoms with Gasteiger partial charge in [0.15, 0.2) is 0 Å². The van der Waals surface area contributed by atoms with Crippen molar-refractivity contribution < 1.29 is 0 Å². The fourth-order valence-corrected chi connectivity index (χ4v) is 6.44. The maximum atomic E-state index is 2.40. The van der Waals surface area contributed by atoms with Gasteiger partial charge in [0, 0.05) is 34.1 Å². The first-order chi connectivity index (χ1) is 23.4. The van der Waals surface area contributed by atoms with Crippen LogP contribution in [0.25, 0.3) is 22.9 Å². The van der Waals surface area contributed by atoms with Gasteiger partial charge in [-0.2, -0.15) is 0 Å². The van der Waals surface area contributed by atoms with Crippen molar-refractivity contribution in [3.05, 3.63) is 187 Å². The van der Waals surface area contributed by atoms with Crippen LogP contribution < -0.4 is 9.80 Å². The summed E-state index contributed by atoms with van der Waals surface area (Å²) in [6.07, 6.45) is 12.5. The minimum atomic E-state index is 0.240. The molecule has 1 aliphatic rings. The summed E-state index contributed by atoms with van der Waals surface area (Å²) in [5, 5.41) is 2.50. The standard InChI is InChI=1S/C46H42N2/c1-46(2,3)39-25-32-44(33-26-39)48(45-31-24-37-12-10-11-13-38(37)34-45)43-29-22-36(23-30-43)19-18-35-20-27-42(28-21-35)47(40-14-6-4-7-15-40)41-16-8-5-9-17-41/h4-25,27-34,39H,26H2,1-3H3/b19-18+. The smallest absolute Gasteiger partial charge is 0.0467 e. The molecule has 0 aliphatic heterocycles. The molecule has 0 heterocycles. The Morgan fingerprint density at radius 2 is 0.979 bits per heavy atom. The summed E-state index contributed by atoms with van der Waals surface area (Å²) >= 11 is 0. The van der Waals surface area contributed by atoms with Crippen molar-refractivity contribution in [3.8, 4) is 0 Å². The highest BCUT2D eigenvalue weighted by Gasteiger charge is 2.25. The molecule has 236 valence electrons. The topological polar surface area (TPSA) is 6.48 Å². The maximum Gasteiger partial charge on any atom is 0.0467 e. The number of hydrogen-bond acceptors (Lipinski definition) is 2. The number of rotatable bonds is 8. The van der Waals surface area contributed by atoms with Gasteiger partial charge in [-0.05, 0) is 106 Å². The van der Waals surface area contributed by atoms with Crippen LogP contribution in [0, 0.1) is 11.3 Å². The second kappa shape index (κ2) is 13.6. The third-order valence-corrected chi connectivity index (χ3v) is 9.24. The van der Waals surface area contributed by atoms with Gasteiger partial charge in [0.05, 0.1) is 0 Å². The Morgan fingerprint density at radius 1 is 0.500 bits per heavy atom. The average molecular weight is 623 g/mol. The second-order valence-electron chi connectivity index (χ2n) is 13.6. The van der Waals surface area contributed by atoms with Crippen LogP contribution in [0.2, 0.25) is 0 Å². The van der Waals surface area contributed by atoms with Gasteiger partial charge in [0.25, 0.3) is 0 Å². The van der Waals surface area contributed by atoms with E-state index in [0.29, 0.717) is 5.92 Å². The third-order valence-electron chi connectivity index (χ3n) is 9.24. The number of allylic oxidation sites excluding steroid dienone is 3. The normalized spacial score (nSPS) is 14.6. The molecule has 48 heavy (non-hydrogen) atoms. The van der Waals surface area contributed by atoms with E-state index >= 15 is 0 Å². The number of nitrogens with zero attached hydrogens (tertiary/aromatic N) is 2. The molecule has 2 heteroatoms. The summed E-state index contributed by atoms with van der Waals surface area (Å²) in [6.45, 7) is 6.98. The lowest BCUT2D eigenvalue weighted by molar-refractivity contribution is 0.293. The number of hydrogen-bond donors (Lipinski definition) is 0. The molecule has 1 atom stereocenters. The Morgan fingerprint density at radius 3 is 1.50 bits per heavy atom. The average Bonchev–Trinajstić information content (AvgIpc) is 3.13. The number of benzene rings is 6. The molecule has 0 saturated heterocycles. The highest BCUT2D eigenvalue weighted by molar-refractivity contribution is 5.88. The number of fused-ring (bicyclic) bond motifs is 1. The Bertz CT molecular complexity index is 2020. The molecule has 0 fully saturated rings. The van der Waals surface area contributed by atoms with Crippen molar-refractivity contribution in [1.29, 1.82) is 0 Å². The zero-order valence-corrected chi connectivity index (χ0v) is 28.0. The molecule has 0 aromatic heterocycles. The van der Waals surface area contributed by atoms with Crippen LogP contribution in [0.3, 0.4) is 0 Å². The molecule has 0 N–H and O–H groups in total. The van der Waals surface area contributed by atoms with Gasteiger partial charge in [0.2, 0.25) is 0 Å². The van der Waals surface area contributed by atoms with E-state index in [0.717, 1.165) is 40.3 Å². The lowest BCUT2D eigenvalue weighted by Gasteiger charge is -2.33. The molecule has 0 amide bonds. The molecule has 6 aromatic carbocycles. The van der Waals surface area contributed by atoms with Gasteiger partial charge >= 0.3 is 0 Å². The van der Waals surface area contributed by atoms with Gasteiger partial charge < -0.3 is 9.80 Å². The van der Waals surface area contributed by atoms with Crippen LogP contribution in [0.1, 0.15) is 38.3 Å². The van der Waals surface area contributed by atoms with Gasteiger partial charge in [-0.3, -0.25) is 0 Å². The molecule has 1 unspecified atom stereocenters. The minimum absolute atomic E-state index is 0.240. The van der Waals surface area contributed by atoms with Gasteiger partial charge in [-0.15, -0.1) is 0 Å². The van der Waals surface area contributed by atoms with Gasteiger partial charge in [-0.1, -0.05) is 136 Å². The fourth-order valence-electron chi connectivity index (χ4n) is 6.44. The highest BCUT2D eigenvalue weighted by atomic mass is 15.1.